The number of thiophene rings is 1. The van der Waals surface area contributed by atoms with Crippen LogP contribution < -0.4 is 16.0 Å². The van der Waals surface area contributed by atoms with Crippen molar-refractivity contribution < 1.29 is 14.4 Å². The van der Waals surface area contributed by atoms with E-state index in [2.05, 4.69) is 22.0 Å². The lowest BCUT2D eigenvalue weighted by atomic mass is 9.79. The molecule has 2 aliphatic rings. The molecule has 1 aliphatic heterocycles. The zero-order valence-corrected chi connectivity index (χ0v) is 19.6. The first kappa shape index (κ1) is 22.8. The molecular weight excluding hydrogens is 456 g/mol. The third kappa shape index (κ3) is 5.18. The highest BCUT2D eigenvalue weighted by Crippen LogP contribution is 2.45. The lowest BCUT2D eigenvalue weighted by Crippen LogP contribution is -2.31. The minimum atomic E-state index is -0.383. The Hall–Kier alpha value is -3.35. The lowest BCUT2D eigenvalue weighted by molar-refractivity contribution is -0.116. The molecule has 2 aromatic rings. The van der Waals surface area contributed by atoms with Gasteiger partial charge in [-0.1, -0.05) is 17.8 Å². The van der Waals surface area contributed by atoms with E-state index >= 15 is 0 Å². The van der Waals surface area contributed by atoms with Crippen LogP contribution in [-0.4, -0.2) is 23.4 Å². The van der Waals surface area contributed by atoms with Crippen molar-refractivity contribution in [3.05, 3.63) is 68.5 Å². The van der Waals surface area contributed by atoms with Crippen molar-refractivity contribution in [1.29, 1.82) is 5.26 Å². The summed E-state index contributed by atoms with van der Waals surface area (Å²) in [5.74, 6) is -0.575. The second-order valence-electron chi connectivity index (χ2n) is 7.69. The van der Waals surface area contributed by atoms with Gasteiger partial charge in [-0.15, -0.1) is 11.3 Å². The fourth-order valence-electron chi connectivity index (χ4n) is 3.95. The Labute approximate surface area is 199 Å². The first-order chi connectivity index (χ1) is 16.0. The van der Waals surface area contributed by atoms with Crippen LogP contribution in [0.1, 0.15) is 37.0 Å². The number of carbonyl (C=O) groups excluding carboxylic acids is 3. The molecule has 0 saturated carbocycles. The number of nitriles is 1. The summed E-state index contributed by atoms with van der Waals surface area (Å²) in [4.78, 5) is 37.4. The summed E-state index contributed by atoms with van der Waals surface area (Å²) in [7, 11) is 0. The summed E-state index contributed by atoms with van der Waals surface area (Å²) < 4.78 is 0. The molecule has 0 saturated heterocycles. The van der Waals surface area contributed by atoms with Crippen molar-refractivity contribution in [3.8, 4) is 6.07 Å². The number of ketones is 1. The maximum atomic E-state index is 12.7. The van der Waals surface area contributed by atoms with E-state index in [1.165, 1.54) is 30.0 Å². The second-order valence-corrected chi connectivity index (χ2v) is 9.66. The predicted molar refractivity (Wildman–Crippen MR) is 131 cm³/mol. The van der Waals surface area contributed by atoms with Crippen molar-refractivity contribution in [1.82, 2.24) is 5.32 Å². The van der Waals surface area contributed by atoms with Crippen molar-refractivity contribution in [2.45, 2.75) is 32.1 Å². The summed E-state index contributed by atoms with van der Waals surface area (Å²) in [5, 5.41) is 21.3. The Bertz CT molecular complexity index is 1190. The highest BCUT2D eigenvalue weighted by Gasteiger charge is 2.37. The van der Waals surface area contributed by atoms with Crippen LogP contribution in [0.2, 0.25) is 0 Å². The van der Waals surface area contributed by atoms with E-state index in [9.17, 15) is 19.6 Å². The first-order valence-electron chi connectivity index (χ1n) is 10.5. The standard InChI is InChI=1S/C24H22N4O3S2/c1-14(29)26-15-7-9-16(10-8-15)27-21(31)13-33-24-17(12-25)22(20-6-3-11-32-20)23-18(28-24)4-2-5-19(23)30/h3,6-11,22,28H,2,4-5,13H2,1H3,(H,26,29)(H,27,31)/t22-/m1/s1. The highest BCUT2D eigenvalue weighted by molar-refractivity contribution is 8.03. The Morgan fingerprint density at radius 2 is 1.91 bits per heavy atom. The molecule has 168 valence electrons. The van der Waals surface area contributed by atoms with Crippen LogP contribution in [0.25, 0.3) is 0 Å². The molecular formula is C24H22N4O3S2. The fourth-order valence-corrected chi connectivity index (χ4v) is 5.66. The van der Waals surface area contributed by atoms with Crippen LogP contribution in [0.15, 0.2) is 63.7 Å². The maximum Gasteiger partial charge on any atom is 0.234 e. The van der Waals surface area contributed by atoms with E-state index in [1.54, 1.807) is 24.3 Å². The van der Waals surface area contributed by atoms with Crippen LogP contribution in [0.4, 0.5) is 11.4 Å². The number of carbonyl (C=O) groups is 3. The first-order valence-corrected chi connectivity index (χ1v) is 12.3. The summed E-state index contributed by atoms with van der Waals surface area (Å²) in [6, 6.07) is 13.0. The number of rotatable bonds is 6. The molecule has 0 radical (unpaired) electrons. The number of benzene rings is 1. The third-order valence-electron chi connectivity index (χ3n) is 5.33. The Morgan fingerprint density at radius 1 is 1.18 bits per heavy atom. The van der Waals surface area contributed by atoms with Gasteiger partial charge in [0.15, 0.2) is 5.78 Å². The minimum Gasteiger partial charge on any atom is -0.352 e. The maximum absolute atomic E-state index is 12.7. The fraction of sp³-hybridized carbons (Fsp3) is 0.250. The predicted octanol–water partition coefficient (Wildman–Crippen LogP) is 4.51. The molecule has 1 aromatic carbocycles. The van der Waals surface area contributed by atoms with Crippen LogP contribution in [0.3, 0.4) is 0 Å². The molecule has 7 nitrogen and oxygen atoms in total. The quantitative estimate of drug-likeness (QED) is 0.563. The Balaban J connectivity index is 1.49. The van der Waals surface area contributed by atoms with Crippen molar-refractivity contribution in [2.75, 3.05) is 16.4 Å². The molecule has 1 atom stereocenters. The van der Waals surface area contributed by atoms with Crippen LogP contribution >= 0.6 is 23.1 Å². The largest absolute Gasteiger partial charge is 0.352 e. The second kappa shape index (κ2) is 10.1. The Morgan fingerprint density at radius 3 is 2.55 bits per heavy atom. The molecule has 0 fully saturated rings. The molecule has 2 heterocycles. The molecule has 33 heavy (non-hydrogen) atoms. The van der Waals surface area contributed by atoms with Gasteiger partial charge in [0.05, 0.1) is 28.3 Å². The van der Waals surface area contributed by atoms with Gasteiger partial charge in [-0.3, -0.25) is 14.4 Å². The highest BCUT2D eigenvalue weighted by atomic mass is 32.2. The summed E-state index contributed by atoms with van der Waals surface area (Å²) >= 11 is 2.79. The van der Waals surface area contributed by atoms with Crippen molar-refractivity contribution in [2.24, 2.45) is 0 Å². The molecule has 0 unspecified atom stereocenters. The average Bonchev–Trinajstić information content (AvgIpc) is 3.32. The van der Waals surface area contributed by atoms with E-state index in [0.717, 1.165) is 23.4 Å². The van der Waals surface area contributed by atoms with Gasteiger partial charge in [-0.2, -0.15) is 5.26 Å². The van der Waals surface area contributed by atoms with Gasteiger partial charge in [0.25, 0.3) is 0 Å². The summed E-state index contributed by atoms with van der Waals surface area (Å²) in [6.07, 6.45) is 2.02. The van der Waals surface area contributed by atoms with Gasteiger partial charge in [0.1, 0.15) is 0 Å². The molecule has 1 aliphatic carbocycles. The van der Waals surface area contributed by atoms with E-state index in [1.807, 2.05) is 17.5 Å². The van der Waals surface area contributed by atoms with Gasteiger partial charge < -0.3 is 16.0 Å². The van der Waals surface area contributed by atoms with Crippen LogP contribution in [-0.2, 0) is 14.4 Å². The van der Waals surface area contributed by atoms with E-state index in [0.29, 0.717) is 34.0 Å². The smallest absolute Gasteiger partial charge is 0.234 e. The minimum absolute atomic E-state index is 0.0828. The molecule has 1 aromatic heterocycles. The molecule has 4 rings (SSSR count). The van der Waals surface area contributed by atoms with E-state index < -0.39 is 0 Å². The number of nitrogens with zero attached hydrogens (tertiary/aromatic N) is 1. The topological polar surface area (TPSA) is 111 Å². The normalized spacial score (nSPS) is 17.7. The number of nitrogens with one attached hydrogen (secondary N) is 3. The number of anilines is 2. The van der Waals surface area contributed by atoms with Crippen LogP contribution in [0.5, 0.6) is 0 Å². The lowest BCUT2D eigenvalue weighted by Gasteiger charge is -2.32. The zero-order valence-electron chi connectivity index (χ0n) is 17.9. The van der Waals surface area contributed by atoms with Crippen molar-refractivity contribution in [3.63, 3.8) is 0 Å². The third-order valence-corrected chi connectivity index (χ3v) is 7.28. The van der Waals surface area contributed by atoms with Crippen molar-refractivity contribution >= 4 is 52.1 Å². The monoisotopic (exact) mass is 478 g/mol. The zero-order chi connectivity index (χ0) is 23.4. The number of hydrogen-bond acceptors (Lipinski definition) is 7. The average molecular weight is 479 g/mol. The van der Waals surface area contributed by atoms with Gasteiger partial charge in [0.2, 0.25) is 11.8 Å². The number of dihydropyridines is 1. The van der Waals surface area contributed by atoms with Crippen LogP contribution in [0, 0.1) is 11.3 Å². The van der Waals surface area contributed by atoms with Gasteiger partial charge in [-0.05, 0) is 48.6 Å². The number of allylic oxidation sites excluding steroid dienone is 3. The SMILES string of the molecule is CC(=O)Nc1ccc(NC(=O)CSC2=C(C#N)[C@H](c3cccs3)C3=C(CCCC3=O)N2)cc1. The van der Waals surface area contributed by atoms with Gasteiger partial charge in [-0.25, -0.2) is 0 Å². The number of hydrogen-bond donors (Lipinski definition) is 3. The molecule has 0 bridgehead atoms. The van der Waals surface area contributed by atoms with E-state index in [-0.39, 0.29) is 29.3 Å². The Kier molecular flexibility index (Phi) is 6.96. The van der Waals surface area contributed by atoms with Gasteiger partial charge in [0, 0.05) is 40.9 Å². The molecule has 3 N–H and O–H groups in total. The summed E-state index contributed by atoms with van der Waals surface area (Å²) in [6.45, 7) is 1.43. The molecule has 2 amide bonds. The number of amides is 2. The van der Waals surface area contributed by atoms with E-state index in [4.69, 9.17) is 0 Å². The number of Topliss-reactive ketones (excluding diaryl/α,β-unsaturated/α-hetero) is 1. The molecule has 9 heteroatoms. The van der Waals surface area contributed by atoms with Gasteiger partial charge >= 0.3 is 0 Å². The number of thioether (sulfide) groups is 1. The summed E-state index contributed by atoms with van der Waals surface area (Å²) in [5.41, 5.74) is 3.29. The molecule has 0 spiro atoms.